The van der Waals surface area contributed by atoms with Crippen LogP contribution in [-0.2, 0) is 11.2 Å². The van der Waals surface area contributed by atoms with Crippen LogP contribution in [0.1, 0.15) is 48.8 Å². The molecule has 1 aliphatic rings. The highest BCUT2D eigenvalue weighted by Crippen LogP contribution is 2.34. The number of thiophene rings is 1. The topological polar surface area (TPSA) is 83.6 Å². The van der Waals surface area contributed by atoms with E-state index in [0.717, 1.165) is 40.8 Å². The minimum absolute atomic E-state index is 0.0852. The molecular formula is C23H25N5OS3. The number of rotatable bonds is 9. The van der Waals surface area contributed by atoms with Crippen molar-refractivity contribution >= 4 is 46.5 Å². The van der Waals surface area contributed by atoms with Crippen LogP contribution in [0.15, 0.2) is 51.8 Å². The van der Waals surface area contributed by atoms with Crippen LogP contribution < -0.4 is 5.32 Å². The Morgan fingerprint density at radius 3 is 2.78 bits per heavy atom. The lowest BCUT2D eigenvalue weighted by Gasteiger charge is -2.25. The molecule has 2 heterocycles. The zero-order chi connectivity index (χ0) is 22.2. The first-order valence-corrected chi connectivity index (χ1v) is 13.6. The summed E-state index contributed by atoms with van der Waals surface area (Å²) in [6, 6.07) is 14.3. The number of carbonyl (C=O) groups excluding carboxylic acids is 1. The molecule has 9 heteroatoms. The molecule has 2 aromatic heterocycles. The fourth-order valence-electron chi connectivity index (χ4n) is 3.92. The number of anilines is 1. The van der Waals surface area contributed by atoms with Crippen LogP contribution in [0, 0.1) is 11.3 Å². The average Bonchev–Trinajstić information content (AvgIpc) is 3.48. The van der Waals surface area contributed by atoms with Crippen molar-refractivity contribution in [2.45, 2.75) is 54.6 Å². The molecule has 0 saturated heterocycles. The highest BCUT2D eigenvalue weighted by Gasteiger charge is 2.24. The summed E-state index contributed by atoms with van der Waals surface area (Å²) in [5.74, 6) is 1.51. The van der Waals surface area contributed by atoms with Crippen molar-refractivity contribution in [2.75, 3.05) is 16.8 Å². The van der Waals surface area contributed by atoms with Crippen LogP contribution >= 0.6 is 34.9 Å². The van der Waals surface area contributed by atoms with E-state index in [4.69, 9.17) is 5.26 Å². The molecule has 1 aromatic carbocycles. The standard InChI is InChI=1S/C23H25N5OS3/c24-12-14-31-20-11-5-4-10-19(20)25-22(29)16-32-23-27-26-21(15-18-9-6-13-30-18)28(23)17-7-2-1-3-8-17/h4-6,9-11,13,17H,1-3,7-8,14-16H2,(H,25,29). The average molecular weight is 484 g/mol. The fourth-order valence-corrected chi connectivity index (χ4v) is 6.12. The predicted octanol–water partition coefficient (Wildman–Crippen LogP) is 5.78. The summed E-state index contributed by atoms with van der Waals surface area (Å²) in [5.41, 5.74) is 0.741. The van der Waals surface area contributed by atoms with Crippen molar-refractivity contribution in [2.24, 2.45) is 0 Å². The van der Waals surface area contributed by atoms with Gasteiger partial charge in [0, 0.05) is 22.2 Å². The summed E-state index contributed by atoms with van der Waals surface area (Å²) in [5, 5.41) is 23.7. The van der Waals surface area contributed by atoms with Crippen LogP contribution in [0.4, 0.5) is 5.69 Å². The van der Waals surface area contributed by atoms with Gasteiger partial charge in [-0.3, -0.25) is 4.79 Å². The molecule has 1 fully saturated rings. The van der Waals surface area contributed by atoms with Crippen LogP contribution in [0.3, 0.4) is 0 Å². The molecule has 0 unspecified atom stereocenters. The van der Waals surface area contributed by atoms with E-state index in [9.17, 15) is 4.79 Å². The van der Waals surface area contributed by atoms with E-state index in [1.807, 2.05) is 24.3 Å². The molecule has 32 heavy (non-hydrogen) atoms. The number of thioether (sulfide) groups is 2. The first kappa shape index (κ1) is 22.9. The lowest BCUT2D eigenvalue weighted by Crippen LogP contribution is -2.18. The molecule has 0 spiro atoms. The number of amides is 1. The largest absolute Gasteiger partial charge is 0.324 e. The Hall–Kier alpha value is -2.28. The molecule has 3 aromatic rings. The number of hydrogen-bond donors (Lipinski definition) is 1. The van der Waals surface area contributed by atoms with Crippen molar-refractivity contribution in [1.82, 2.24) is 14.8 Å². The third-order valence-electron chi connectivity index (χ3n) is 5.37. The summed E-state index contributed by atoms with van der Waals surface area (Å²) in [7, 11) is 0. The molecule has 0 atom stereocenters. The van der Waals surface area contributed by atoms with E-state index in [1.165, 1.54) is 47.7 Å². The molecule has 0 bridgehead atoms. The molecule has 166 valence electrons. The van der Waals surface area contributed by atoms with Gasteiger partial charge in [0.1, 0.15) is 5.82 Å². The smallest absolute Gasteiger partial charge is 0.234 e. The quantitative estimate of drug-likeness (QED) is 0.388. The van der Waals surface area contributed by atoms with Crippen molar-refractivity contribution < 1.29 is 4.79 Å². The Bertz CT molecular complexity index is 1070. The van der Waals surface area contributed by atoms with E-state index in [1.54, 1.807) is 11.3 Å². The third kappa shape index (κ3) is 5.94. The number of benzene rings is 1. The Balaban J connectivity index is 1.45. The van der Waals surface area contributed by atoms with Gasteiger partial charge in [0.05, 0.1) is 23.3 Å². The van der Waals surface area contributed by atoms with Crippen LogP contribution in [-0.4, -0.2) is 32.2 Å². The fraction of sp³-hybridized carbons (Fsp3) is 0.391. The zero-order valence-electron chi connectivity index (χ0n) is 17.7. The van der Waals surface area contributed by atoms with Gasteiger partial charge in [-0.25, -0.2) is 0 Å². The van der Waals surface area contributed by atoms with E-state index in [-0.39, 0.29) is 11.7 Å². The van der Waals surface area contributed by atoms with Gasteiger partial charge in [-0.05, 0) is 36.4 Å². The molecule has 1 N–H and O–H groups in total. The number of aromatic nitrogens is 3. The highest BCUT2D eigenvalue weighted by molar-refractivity contribution is 8.00. The maximum absolute atomic E-state index is 12.7. The first-order valence-electron chi connectivity index (χ1n) is 10.7. The first-order chi connectivity index (χ1) is 15.7. The summed E-state index contributed by atoms with van der Waals surface area (Å²) >= 11 is 4.60. The van der Waals surface area contributed by atoms with Crippen molar-refractivity contribution in [1.29, 1.82) is 5.26 Å². The Morgan fingerprint density at radius 2 is 2.00 bits per heavy atom. The van der Waals surface area contributed by atoms with Crippen LogP contribution in [0.25, 0.3) is 0 Å². The molecule has 1 saturated carbocycles. The van der Waals surface area contributed by atoms with Gasteiger partial charge < -0.3 is 9.88 Å². The van der Waals surface area contributed by atoms with E-state index >= 15 is 0 Å². The second-order valence-corrected chi connectivity index (χ2v) is 10.6. The number of hydrogen-bond acceptors (Lipinski definition) is 7. The van der Waals surface area contributed by atoms with Gasteiger partial charge in [0.2, 0.25) is 5.91 Å². The number of nitrogens with one attached hydrogen (secondary N) is 1. The summed E-state index contributed by atoms with van der Waals surface area (Å²) < 4.78 is 2.29. The van der Waals surface area contributed by atoms with Gasteiger partial charge >= 0.3 is 0 Å². The summed E-state index contributed by atoms with van der Waals surface area (Å²) in [6.07, 6.45) is 6.79. The van der Waals surface area contributed by atoms with Crippen molar-refractivity contribution in [3.05, 3.63) is 52.5 Å². The number of nitrogens with zero attached hydrogens (tertiary/aromatic N) is 4. The Labute approximate surface area is 200 Å². The van der Waals surface area contributed by atoms with Gasteiger partial charge in [0.15, 0.2) is 5.16 Å². The molecular weight excluding hydrogens is 458 g/mol. The second kappa shape index (κ2) is 11.5. The van der Waals surface area contributed by atoms with Crippen LogP contribution in [0.5, 0.6) is 0 Å². The van der Waals surface area contributed by atoms with Gasteiger partial charge in [-0.2, -0.15) is 5.26 Å². The molecule has 0 radical (unpaired) electrons. The maximum Gasteiger partial charge on any atom is 0.234 e. The highest BCUT2D eigenvalue weighted by atomic mass is 32.2. The lowest BCUT2D eigenvalue weighted by atomic mass is 9.95. The summed E-state index contributed by atoms with van der Waals surface area (Å²) in [6.45, 7) is 0. The molecule has 0 aliphatic heterocycles. The number of para-hydroxylation sites is 1. The Morgan fingerprint density at radius 1 is 1.16 bits per heavy atom. The normalized spacial score (nSPS) is 14.2. The summed E-state index contributed by atoms with van der Waals surface area (Å²) in [4.78, 5) is 14.9. The molecule has 1 aliphatic carbocycles. The molecule has 1 amide bonds. The monoisotopic (exact) mass is 483 g/mol. The third-order valence-corrected chi connectivity index (χ3v) is 8.13. The SMILES string of the molecule is N#CCSc1ccccc1NC(=O)CSc1nnc(Cc2cccs2)n1C1CCCCC1. The van der Waals surface area contributed by atoms with E-state index in [2.05, 4.69) is 43.7 Å². The van der Waals surface area contributed by atoms with Gasteiger partial charge in [0.25, 0.3) is 0 Å². The number of carbonyl (C=O) groups is 1. The number of nitriles is 1. The van der Waals surface area contributed by atoms with E-state index in [0.29, 0.717) is 11.8 Å². The minimum atomic E-state index is -0.0852. The Kier molecular flexibility index (Phi) is 8.26. The van der Waals surface area contributed by atoms with Gasteiger partial charge in [-0.1, -0.05) is 49.2 Å². The van der Waals surface area contributed by atoms with Crippen molar-refractivity contribution in [3.63, 3.8) is 0 Å². The predicted molar refractivity (Wildman–Crippen MR) is 131 cm³/mol. The van der Waals surface area contributed by atoms with Crippen molar-refractivity contribution in [3.8, 4) is 6.07 Å². The van der Waals surface area contributed by atoms with Crippen LogP contribution in [0.2, 0.25) is 0 Å². The minimum Gasteiger partial charge on any atom is -0.324 e. The maximum atomic E-state index is 12.7. The van der Waals surface area contributed by atoms with Gasteiger partial charge in [-0.15, -0.1) is 33.3 Å². The molecule has 6 nitrogen and oxygen atoms in total. The lowest BCUT2D eigenvalue weighted by molar-refractivity contribution is -0.113. The zero-order valence-corrected chi connectivity index (χ0v) is 20.1. The molecule has 4 rings (SSSR count). The van der Waals surface area contributed by atoms with E-state index < -0.39 is 0 Å². The second-order valence-electron chi connectivity index (χ2n) is 7.60.